The van der Waals surface area contributed by atoms with Crippen LogP contribution < -0.4 is 0 Å². The van der Waals surface area contributed by atoms with E-state index >= 15 is 0 Å². The molecule has 12 heavy (non-hydrogen) atoms. The summed E-state index contributed by atoms with van der Waals surface area (Å²) in [5.41, 5.74) is 0. The van der Waals surface area contributed by atoms with Crippen LogP contribution in [0.25, 0.3) is 0 Å². The topological polar surface area (TPSA) is 33.0 Å². The lowest BCUT2D eigenvalue weighted by atomic mass is 10.3. The predicted octanol–water partition coefficient (Wildman–Crippen LogP) is 2.72. The molecule has 64 valence electrons. The third-order valence-electron chi connectivity index (χ3n) is 1.01. The second-order valence-corrected chi connectivity index (χ2v) is 1.71. The Bertz CT molecular complexity index is 273. The molecule has 0 aromatic rings. The second kappa shape index (κ2) is 5.08. The Morgan fingerprint density at radius 2 is 2.17 bits per heavy atom. The van der Waals surface area contributed by atoms with Crippen molar-refractivity contribution >= 4 is 0 Å². The van der Waals surface area contributed by atoms with Gasteiger partial charge in [0.1, 0.15) is 0 Å². The molecule has 0 saturated heterocycles. The van der Waals surface area contributed by atoms with E-state index in [0.29, 0.717) is 0 Å². The van der Waals surface area contributed by atoms with Gasteiger partial charge < -0.3 is 4.74 Å². The van der Waals surface area contributed by atoms with Crippen molar-refractivity contribution in [2.24, 2.45) is 0 Å². The van der Waals surface area contributed by atoms with Crippen LogP contribution in [0.1, 0.15) is 6.92 Å². The molecule has 0 rings (SSSR count). The lowest BCUT2D eigenvalue weighted by Gasteiger charge is -1.98. The molecule has 0 atom stereocenters. The summed E-state index contributed by atoms with van der Waals surface area (Å²) in [4.78, 5) is 0. The Hall–Kier alpha value is -1.63. The first-order valence-electron chi connectivity index (χ1n) is 3.07. The van der Waals surface area contributed by atoms with Gasteiger partial charge in [0.25, 0.3) is 6.26 Å². The molecule has 0 bridgehead atoms. The molecule has 4 heteroatoms. The van der Waals surface area contributed by atoms with E-state index in [1.807, 2.05) is 0 Å². The summed E-state index contributed by atoms with van der Waals surface area (Å²) in [5, 5.41) is 8.02. The number of hydrogen-bond acceptors (Lipinski definition) is 2. The van der Waals surface area contributed by atoms with Crippen LogP contribution in [-0.4, -0.2) is 0 Å². The Morgan fingerprint density at radius 3 is 2.50 bits per heavy atom. The minimum Gasteiger partial charge on any atom is -0.382 e. The van der Waals surface area contributed by atoms with E-state index in [9.17, 15) is 8.78 Å². The molecule has 0 amide bonds. The third kappa shape index (κ3) is 2.54. The van der Waals surface area contributed by atoms with Crippen molar-refractivity contribution in [3.8, 4) is 6.26 Å². The smallest absolute Gasteiger partial charge is 0.292 e. The van der Waals surface area contributed by atoms with Gasteiger partial charge in [-0.05, 0) is 19.1 Å². The first kappa shape index (κ1) is 10.4. The first-order valence-corrected chi connectivity index (χ1v) is 3.07. The predicted molar refractivity (Wildman–Crippen MR) is 39.9 cm³/mol. The molecular weight excluding hydrogens is 164 g/mol. The largest absolute Gasteiger partial charge is 0.382 e. The number of rotatable bonds is 3. The molecule has 0 aliphatic carbocycles. The van der Waals surface area contributed by atoms with Gasteiger partial charge in [0.15, 0.2) is 11.7 Å². The van der Waals surface area contributed by atoms with E-state index in [1.165, 1.54) is 13.2 Å². The van der Waals surface area contributed by atoms with E-state index in [2.05, 4.69) is 11.3 Å². The van der Waals surface area contributed by atoms with Crippen molar-refractivity contribution < 1.29 is 13.5 Å². The van der Waals surface area contributed by atoms with E-state index in [1.54, 1.807) is 0 Å². The molecule has 0 aliphatic rings. The van der Waals surface area contributed by atoms with Crippen LogP contribution in [0.4, 0.5) is 8.78 Å². The Labute approximate surface area is 69.1 Å². The highest BCUT2D eigenvalue weighted by Crippen LogP contribution is 2.18. The van der Waals surface area contributed by atoms with Crippen LogP contribution in [0.2, 0.25) is 0 Å². The molecule has 0 aromatic carbocycles. The van der Waals surface area contributed by atoms with Crippen LogP contribution in [-0.2, 0) is 4.74 Å². The Morgan fingerprint density at radius 1 is 1.58 bits per heavy atom. The van der Waals surface area contributed by atoms with Crippen molar-refractivity contribution in [1.29, 1.82) is 5.26 Å². The van der Waals surface area contributed by atoms with Gasteiger partial charge in [0.05, 0.1) is 0 Å². The lowest BCUT2D eigenvalue weighted by Crippen LogP contribution is -1.89. The quantitative estimate of drug-likeness (QED) is 0.371. The van der Waals surface area contributed by atoms with Crippen LogP contribution in [0.3, 0.4) is 0 Å². The maximum atomic E-state index is 12.7. The highest BCUT2D eigenvalue weighted by atomic mass is 19.1. The van der Waals surface area contributed by atoms with Crippen molar-refractivity contribution in [2.75, 3.05) is 0 Å². The van der Waals surface area contributed by atoms with Crippen molar-refractivity contribution in [3.05, 3.63) is 36.1 Å². The highest BCUT2D eigenvalue weighted by molar-refractivity contribution is 5.27. The molecule has 0 N–H and O–H groups in total. The highest BCUT2D eigenvalue weighted by Gasteiger charge is 2.10. The first-order chi connectivity index (χ1) is 5.67. The zero-order valence-corrected chi connectivity index (χ0v) is 6.47. The Balaban J connectivity index is 4.93. The molecule has 0 fully saturated rings. The summed E-state index contributed by atoms with van der Waals surface area (Å²) in [6.07, 6.45) is 2.91. The van der Waals surface area contributed by atoms with Gasteiger partial charge in [-0.25, -0.2) is 8.78 Å². The average molecular weight is 171 g/mol. The van der Waals surface area contributed by atoms with Gasteiger partial charge in [0, 0.05) is 0 Å². The fraction of sp³-hybridized carbons (Fsp3) is 0.125. The van der Waals surface area contributed by atoms with Gasteiger partial charge >= 0.3 is 0 Å². The van der Waals surface area contributed by atoms with Crippen LogP contribution in [0.15, 0.2) is 36.1 Å². The van der Waals surface area contributed by atoms with Gasteiger partial charge in [-0.15, -0.1) is 5.26 Å². The number of nitrogens with zero attached hydrogens (tertiary/aromatic N) is 1. The number of ether oxygens (including phenoxy) is 1. The van der Waals surface area contributed by atoms with Gasteiger partial charge in [-0.3, -0.25) is 0 Å². The fourth-order valence-electron chi connectivity index (χ4n) is 0.481. The summed E-state index contributed by atoms with van der Waals surface area (Å²) < 4.78 is 29.3. The standard InChI is InChI=1S/C8H7F2NO/c1-3-6(9)8(12-5-11)7(10)4-2/h3-4H,1H2,2H3/b7-4+,8-6-. The van der Waals surface area contributed by atoms with Crippen LogP contribution >= 0.6 is 0 Å². The Kier molecular flexibility index (Phi) is 4.39. The SMILES string of the molecule is C=C/C(F)=C(OC#N)\C(F)=C/C. The lowest BCUT2D eigenvalue weighted by molar-refractivity contribution is 0.340. The molecule has 0 radical (unpaired) electrons. The van der Waals surface area contributed by atoms with E-state index in [0.717, 1.165) is 12.2 Å². The van der Waals surface area contributed by atoms with E-state index in [-0.39, 0.29) is 0 Å². The molecule has 0 unspecified atom stereocenters. The molecule has 0 aromatic heterocycles. The van der Waals surface area contributed by atoms with E-state index < -0.39 is 17.4 Å². The van der Waals surface area contributed by atoms with Gasteiger partial charge in [-0.2, -0.15) is 0 Å². The van der Waals surface area contributed by atoms with Gasteiger partial charge in [0.2, 0.25) is 5.76 Å². The monoisotopic (exact) mass is 171 g/mol. The third-order valence-corrected chi connectivity index (χ3v) is 1.01. The van der Waals surface area contributed by atoms with Crippen molar-refractivity contribution in [3.63, 3.8) is 0 Å². The zero-order valence-electron chi connectivity index (χ0n) is 6.47. The fourth-order valence-corrected chi connectivity index (χ4v) is 0.481. The number of hydrogen-bond donors (Lipinski definition) is 0. The maximum absolute atomic E-state index is 12.7. The number of halogens is 2. The molecule has 0 spiro atoms. The number of nitriles is 1. The minimum atomic E-state index is -1.01. The summed E-state index contributed by atoms with van der Waals surface area (Å²) in [6, 6.07) is 0. The average Bonchev–Trinajstić information content (AvgIpc) is 2.11. The summed E-state index contributed by atoms with van der Waals surface area (Å²) in [5.74, 6) is -2.68. The maximum Gasteiger partial charge on any atom is 0.292 e. The van der Waals surface area contributed by atoms with Crippen LogP contribution in [0.5, 0.6) is 0 Å². The summed E-state index contributed by atoms with van der Waals surface area (Å²) in [6.45, 7) is 4.42. The van der Waals surface area contributed by atoms with Crippen LogP contribution in [0, 0.1) is 11.5 Å². The van der Waals surface area contributed by atoms with Crippen molar-refractivity contribution in [2.45, 2.75) is 6.92 Å². The normalized spacial score (nSPS) is 13.0. The molecular formula is C8H7F2NO. The molecule has 0 heterocycles. The minimum absolute atomic E-state index is 0.741. The summed E-state index contributed by atoms with van der Waals surface area (Å²) in [7, 11) is 0. The van der Waals surface area contributed by atoms with E-state index in [4.69, 9.17) is 5.26 Å². The molecule has 2 nitrogen and oxygen atoms in total. The van der Waals surface area contributed by atoms with Gasteiger partial charge in [-0.1, -0.05) is 6.58 Å². The molecule has 0 saturated carbocycles. The second-order valence-electron chi connectivity index (χ2n) is 1.71. The summed E-state index contributed by atoms with van der Waals surface area (Å²) >= 11 is 0. The number of allylic oxidation sites excluding steroid dienone is 4. The zero-order chi connectivity index (χ0) is 9.56. The van der Waals surface area contributed by atoms with Crippen molar-refractivity contribution in [1.82, 2.24) is 0 Å². The molecule has 0 aliphatic heterocycles.